The van der Waals surface area contributed by atoms with Gasteiger partial charge in [0, 0.05) is 5.69 Å². The van der Waals surface area contributed by atoms with E-state index in [4.69, 9.17) is 4.84 Å². The van der Waals surface area contributed by atoms with Crippen molar-refractivity contribution in [3.63, 3.8) is 0 Å². The monoisotopic (exact) mass is 299 g/mol. The molecule has 1 aliphatic heterocycles. The highest BCUT2D eigenvalue weighted by Gasteiger charge is 2.39. The van der Waals surface area contributed by atoms with E-state index >= 15 is 0 Å². The van der Waals surface area contributed by atoms with Crippen LogP contribution in [-0.4, -0.2) is 33.0 Å². The Bertz CT molecular complexity index is 731. The highest BCUT2D eigenvalue weighted by molar-refractivity contribution is 6.21. The number of hydrogen-bond acceptors (Lipinski definition) is 5. The van der Waals surface area contributed by atoms with Crippen LogP contribution in [0.25, 0.3) is 0 Å². The topological polar surface area (TPSA) is 92.4 Å². The zero-order chi connectivity index (χ0) is 15.7. The highest BCUT2D eigenvalue weighted by Crippen LogP contribution is 2.23. The van der Waals surface area contributed by atoms with Gasteiger partial charge in [0.05, 0.1) is 17.3 Å². The largest absolute Gasteiger partial charge is 0.367 e. The summed E-state index contributed by atoms with van der Waals surface area (Å²) in [5, 5.41) is 7.01. The van der Waals surface area contributed by atoms with Crippen LogP contribution in [0, 0.1) is 0 Å². The van der Waals surface area contributed by atoms with Gasteiger partial charge in [-0.05, 0) is 18.6 Å². The molecule has 0 fully saturated rings. The molecule has 0 saturated carbocycles. The first-order valence-corrected chi connectivity index (χ1v) is 6.85. The van der Waals surface area contributed by atoms with E-state index in [2.05, 4.69) is 10.2 Å². The van der Waals surface area contributed by atoms with Gasteiger partial charge in [0.25, 0.3) is 11.8 Å². The van der Waals surface area contributed by atoms with Gasteiger partial charge in [0.1, 0.15) is 5.56 Å². The number of nitrogens with zero attached hydrogens (tertiary/aromatic N) is 2. The maximum absolute atomic E-state index is 12.2. The van der Waals surface area contributed by atoms with E-state index in [9.17, 15) is 14.4 Å². The third-order valence-electron chi connectivity index (χ3n) is 3.37. The number of rotatable bonds is 4. The van der Waals surface area contributed by atoms with Crippen molar-refractivity contribution in [2.75, 3.05) is 0 Å². The predicted octanol–water partition coefficient (Wildman–Crippen LogP) is 1.73. The number of carbonyl (C=O) groups excluding carboxylic acids is 3. The average molecular weight is 299 g/mol. The van der Waals surface area contributed by atoms with Gasteiger partial charge in [-0.2, -0.15) is 5.10 Å². The molecule has 7 heteroatoms. The van der Waals surface area contributed by atoms with Crippen molar-refractivity contribution in [3.05, 3.63) is 52.8 Å². The van der Waals surface area contributed by atoms with Gasteiger partial charge in [-0.3, -0.25) is 14.7 Å². The SMILES string of the molecule is CCCc1[nH]ncc1C(=O)ON1C(=O)c2ccccc2C1=O. The summed E-state index contributed by atoms with van der Waals surface area (Å²) in [5.41, 5.74) is 1.28. The maximum Gasteiger partial charge on any atom is 0.367 e. The summed E-state index contributed by atoms with van der Waals surface area (Å²) in [7, 11) is 0. The van der Waals surface area contributed by atoms with E-state index in [1.807, 2.05) is 6.92 Å². The molecule has 0 atom stereocenters. The number of aromatic nitrogens is 2. The van der Waals surface area contributed by atoms with Crippen LogP contribution < -0.4 is 0 Å². The molecule has 0 radical (unpaired) electrons. The summed E-state index contributed by atoms with van der Waals surface area (Å²) in [6.45, 7) is 1.96. The number of H-pyrrole nitrogens is 1. The summed E-state index contributed by atoms with van der Waals surface area (Å²) in [5.74, 6) is -2.07. The third kappa shape index (κ3) is 2.16. The predicted molar refractivity (Wildman–Crippen MR) is 74.9 cm³/mol. The number of amides is 2. The van der Waals surface area contributed by atoms with E-state index in [1.165, 1.54) is 18.3 Å². The Morgan fingerprint density at radius 2 is 1.86 bits per heavy atom. The zero-order valence-electron chi connectivity index (χ0n) is 11.8. The van der Waals surface area contributed by atoms with E-state index < -0.39 is 17.8 Å². The van der Waals surface area contributed by atoms with Crippen molar-refractivity contribution in [2.45, 2.75) is 19.8 Å². The van der Waals surface area contributed by atoms with Crippen molar-refractivity contribution in [2.24, 2.45) is 0 Å². The van der Waals surface area contributed by atoms with Crippen LogP contribution in [0.5, 0.6) is 0 Å². The number of fused-ring (bicyclic) bond motifs is 1. The molecule has 2 aromatic rings. The summed E-state index contributed by atoms with van der Waals surface area (Å²) >= 11 is 0. The quantitative estimate of drug-likeness (QED) is 0.868. The second-order valence-electron chi connectivity index (χ2n) is 4.84. The summed E-state index contributed by atoms with van der Waals surface area (Å²) in [6.07, 6.45) is 2.76. The van der Waals surface area contributed by atoms with E-state index in [1.54, 1.807) is 12.1 Å². The minimum absolute atomic E-state index is 0.221. The van der Waals surface area contributed by atoms with Gasteiger partial charge in [-0.15, -0.1) is 0 Å². The molecule has 7 nitrogen and oxygen atoms in total. The summed E-state index contributed by atoms with van der Waals surface area (Å²) < 4.78 is 0. The van der Waals surface area contributed by atoms with E-state index in [0.29, 0.717) is 17.2 Å². The Labute approximate surface area is 125 Å². The molecule has 0 bridgehead atoms. The van der Waals surface area contributed by atoms with Crippen LogP contribution in [0.2, 0.25) is 0 Å². The third-order valence-corrected chi connectivity index (χ3v) is 3.37. The van der Waals surface area contributed by atoms with E-state index in [-0.39, 0.29) is 16.7 Å². The van der Waals surface area contributed by atoms with Crippen LogP contribution in [0.3, 0.4) is 0 Å². The van der Waals surface area contributed by atoms with Crippen molar-refractivity contribution in [1.29, 1.82) is 0 Å². The highest BCUT2D eigenvalue weighted by atomic mass is 16.7. The Morgan fingerprint density at radius 1 is 1.23 bits per heavy atom. The number of imide groups is 1. The lowest BCUT2D eigenvalue weighted by molar-refractivity contribution is -0.0585. The number of aromatic amines is 1. The van der Waals surface area contributed by atoms with Gasteiger partial charge in [-0.25, -0.2) is 4.79 Å². The molecule has 0 saturated heterocycles. The molecule has 2 amide bonds. The fraction of sp³-hybridized carbons (Fsp3) is 0.200. The Kier molecular flexibility index (Phi) is 3.46. The molecule has 3 rings (SSSR count). The number of benzene rings is 1. The van der Waals surface area contributed by atoms with E-state index in [0.717, 1.165) is 6.42 Å². The number of nitrogens with one attached hydrogen (secondary N) is 1. The summed E-state index contributed by atoms with van der Waals surface area (Å²) in [6, 6.07) is 6.32. The molecular weight excluding hydrogens is 286 g/mol. The van der Waals surface area contributed by atoms with Crippen molar-refractivity contribution >= 4 is 17.8 Å². The number of hydrogen-bond donors (Lipinski definition) is 1. The van der Waals surface area contributed by atoms with Gasteiger partial charge in [0.2, 0.25) is 0 Å². The molecule has 22 heavy (non-hydrogen) atoms. The van der Waals surface area contributed by atoms with Crippen molar-refractivity contribution in [3.8, 4) is 0 Å². The smallest absolute Gasteiger partial charge is 0.324 e. The molecule has 112 valence electrons. The van der Waals surface area contributed by atoms with Gasteiger partial charge in [0.15, 0.2) is 0 Å². The zero-order valence-corrected chi connectivity index (χ0v) is 11.8. The van der Waals surface area contributed by atoms with Crippen LogP contribution in [0.1, 0.15) is 50.1 Å². The van der Waals surface area contributed by atoms with Crippen LogP contribution in [-0.2, 0) is 11.3 Å². The van der Waals surface area contributed by atoms with Crippen LogP contribution >= 0.6 is 0 Å². The Hall–Kier alpha value is -2.96. The molecular formula is C15H13N3O4. The molecule has 1 aliphatic rings. The first-order chi connectivity index (χ1) is 10.6. The fourth-order valence-electron chi connectivity index (χ4n) is 2.31. The lowest BCUT2D eigenvalue weighted by atomic mass is 10.1. The number of hydroxylamine groups is 2. The van der Waals surface area contributed by atoms with Gasteiger partial charge >= 0.3 is 5.97 Å². The van der Waals surface area contributed by atoms with Gasteiger partial charge in [-0.1, -0.05) is 30.5 Å². The van der Waals surface area contributed by atoms with Crippen LogP contribution in [0.15, 0.2) is 30.5 Å². The summed E-state index contributed by atoms with van der Waals surface area (Å²) in [4.78, 5) is 41.4. The molecule has 1 aromatic carbocycles. The first kappa shape index (κ1) is 14.0. The minimum Gasteiger partial charge on any atom is -0.324 e. The molecule has 0 aliphatic carbocycles. The maximum atomic E-state index is 12.2. The fourth-order valence-corrected chi connectivity index (χ4v) is 2.31. The van der Waals surface area contributed by atoms with Crippen molar-refractivity contribution in [1.82, 2.24) is 15.3 Å². The molecule has 2 heterocycles. The second kappa shape index (κ2) is 5.44. The average Bonchev–Trinajstić information content (AvgIpc) is 3.07. The Morgan fingerprint density at radius 3 is 2.45 bits per heavy atom. The molecule has 0 spiro atoms. The lowest BCUT2D eigenvalue weighted by Gasteiger charge is -2.12. The number of carbonyl (C=O) groups is 3. The second-order valence-corrected chi connectivity index (χ2v) is 4.84. The van der Waals surface area contributed by atoms with Gasteiger partial charge < -0.3 is 4.84 Å². The normalized spacial score (nSPS) is 13.4. The minimum atomic E-state index is -0.785. The van der Waals surface area contributed by atoms with Crippen LogP contribution in [0.4, 0.5) is 0 Å². The molecule has 0 unspecified atom stereocenters. The number of aryl methyl sites for hydroxylation is 1. The molecule has 1 N–H and O–H groups in total. The Balaban J connectivity index is 1.82. The standard InChI is InChI=1S/C15H13N3O4/c1-2-5-12-11(8-16-17-12)15(21)22-18-13(19)9-6-3-4-7-10(9)14(18)20/h3-4,6-8H,2,5H2,1H3,(H,16,17). The van der Waals surface area contributed by atoms with Crippen molar-refractivity contribution < 1.29 is 19.2 Å². The first-order valence-electron chi connectivity index (χ1n) is 6.85. The lowest BCUT2D eigenvalue weighted by Crippen LogP contribution is -2.32. The molecule has 1 aromatic heterocycles.